The first-order valence-electron chi connectivity index (χ1n) is 14.9. The maximum absolute atomic E-state index is 5.98. The third-order valence-corrected chi connectivity index (χ3v) is 10.5. The number of halogens is 4. The van der Waals surface area contributed by atoms with E-state index in [0.29, 0.717) is 0 Å². The summed E-state index contributed by atoms with van der Waals surface area (Å²) in [6.07, 6.45) is 11.4. The molecular formula is C41H34Cl4Zr-2. The first-order chi connectivity index (χ1) is 21.0. The van der Waals surface area contributed by atoms with Gasteiger partial charge in [0, 0.05) is 5.41 Å². The van der Waals surface area contributed by atoms with Crippen LogP contribution in [0.4, 0.5) is 0 Å². The van der Waals surface area contributed by atoms with Gasteiger partial charge in [0.25, 0.3) is 0 Å². The van der Waals surface area contributed by atoms with Gasteiger partial charge in [-0.05, 0) is 45.9 Å². The van der Waals surface area contributed by atoms with Crippen molar-refractivity contribution < 1.29 is 49.0 Å². The molecule has 0 aliphatic heterocycles. The monoisotopic (exact) mass is 756 g/mol. The van der Waals surface area contributed by atoms with Crippen molar-refractivity contribution in [3.8, 4) is 11.1 Å². The van der Waals surface area contributed by atoms with Crippen molar-refractivity contribution in [1.29, 1.82) is 0 Å². The number of hydrogen-bond donors (Lipinski definition) is 0. The third-order valence-electron chi connectivity index (χ3n) is 8.64. The van der Waals surface area contributed by atoms with E-state index in [1.807, 2.05) is 66.7 Å². The molecular weight excluding hydrogens is 725 g/mol. The van der Waals surface area contributed by atoms with Gasteiger partial charge in [0.15, 0.2) is 0 Å². The van der Waals surface area contributed by atoms with E-state index in [1.54, 1.807) is 0 Å². The zero-order valence-corrected chi connectivity index (χ0v) is 31.7. The van der Waals surface area contributed by atoms with Gasteiger partial charge in [-0.25, -0.2) is 18.2 Å². The van der Waals surface area contributed by atoms with Crippen LogP contribution in [0.3, 0.4) is 0 Å². The molecule has 0 saturated heterocycles. The minimum Gasteiger partial charge on any atom is -1.00 e. The summed E-state index contributed by atoms with van der Waals surface area (Å²) in [5.74, 6) is 0. The average Bonchev–Trinajstić information content (AvgIpc) is 3.79. The van der Waals surface area contributed by atoms with Crippen molar-refractivity contribution in [1.82, 2.24) is 0 Å². The topological polar surface area (TPSA) is 0 Å². The summed E-state index contributed by atoms with van der Waals surface area (Å²) in [5, 5.41) is 1.53. The molecule has 46 heavy (non-hydrogen) atoms. The number of allylic oxidation sites excluding steroid dienone is 2. The SMILES string of the molecule is CC1(C)[C-]=Cc2cc3c(cc21)Cc1cc2c(cc1-3)C=CC2(C)C.Clc1cccc([C](=[Zr+2])c2cccc(Cl)c2)c1.[Cl-].[Cl-].c1cc[cH-]c1. The molecule has 3 aliphatic carbocycles. The first-order valence-corrected chi connectivity index (χ1v) is 16.9. The predicted molar refractivity (Wildman–Crippen MR) is 186 cm³/mol. The van der Waals surface area contributed by atoms with Gasteiger partial charge in [0.05, 0.1) is 0 Å². The Bertz CT molecular complexity index is 1780. The van der Waals surface area contributed by atoms with E-state index in [-0.39, 0.29) is 35.6 Å². The van der Waals surface area contributed by atoms with Crippen LogP contribution < -0.4 is 24.8 Å². The maximum atomic E-state index is 5.98. The van der Waals surface area contributed by atoms with Crippen LogP contribution >= 0.6 is 23.2 Å². The van der Waals surface area contributed by atoms with Gasteiger partial charge >= 0.3 is 120 Å². The van der Waals surface area contributed by atoms with Crippen molar-refractivity contribution in [2.75, 3.05) is 0 Å². The normalized spacial score (nSPS) is 14.6. The summed E-state index contributed by atoms with van der Waals surface area (Å²) in [6, 6.07) is 35.4. The fraction of sp³-hybridized carbons (Fsp3) is 0.171. The van der Waals surface area contributed by atoms with E-state index < -0.39 is 0 Å². The molecule has 5 aromatic carbocycles. The van der Waals surface area contributed by atoms with E-state index in [2.05, 4.69) is 88.4 Å². The van der Waals surface area contributed by atoms with Gasteiger partial charge in [0.1, 0.15) is 0 Å². The Labute approximate surface area is 311 Å². The van der Waals surface area contributed by atoms with Crippen LogP contribution in [0, 0.1) is 6.08 Å². The molecule has 0 aromatic heterocycles. The second kappa shape index (κ2) is 14.8. The smallest absolute Gasteiger partial charge is 0.172 e. The van der Waals surface area contributed by atoms with Crippen LogP contribution in [-0.4, -0.2) is 3.21 Å². The van der Waals surface area contributed by atoms with E-state index in [4.69, 9.17) is 23.2 Å². The summed E-state index contributed by atoms with van der Waals surface area (Å²) in [6.45, 7) is 9.13. The van der Waals surface area contributed by atoms with Crippen LogP contribution in [0.2, 0.25) is 10.0 Å². The van der Waals surface area contributed by atoms with Gasteiger partial charge < -0.3 is 24.8 Å². The van der Waals surface area contributed by atoms with E-state index in [9.17, 15) is 0 Å². The quantitative estimate of drug-likeness (QED) is 0.214. The Kier molecular flexibility index (Phi) is 11.7. The Balaban J connectivity index is 0.000000183. The zero-order valence-electron chi connectivity index (χ0n) is 26.3. The van der Waals surface area contributed by atoms with Gasteiger partial charge in [-0.15, -0.1) is 11.6 Å². The number of hydrogen-bond acceptors (Lipinski definition) is 0. The average molecular weight is 760 g/mol. The molecule has 0 bridgehead atoms. The minimum absolute atomic E-state index is 0. The number of fused-ring (bicyclic) bond motifs is 5. The standard InChI is InChI=1S/C23H21.C13H8Cl2.C5H5.2ClH.Zr/c1-22(2)7-5-14-10-18-16(12-20(14)22)9-17-13-21-15(11-19(17)18)6-8-23(21,3)4;14-12-5-1-3-10(8-12)7-11-4-2-6-13(15)9-11;1-2-4-5-3-1;;;/h5-7,10-13H,9H2,1-4H3;1-6,8-9H;1-5H;2*1H;/q-1;;-1;;;+2/p-2. The first kappa shape index (κ1) is 36.5. The largest absolute Gasteiger partial charge is 1.00 e. The molecule has 0 spiro atoms. The number of rotatable bonds is 2. The molecule has 0 nitrogen and oxygen atoms in total. The minimum atomic E-state index is 0. The fourth-order valence-corrected chi connectivity index (χ4v) is 7.32. The predicted octanol–water partition coefficient (Wildman–Crippen LogP) is 5.19. The van der Waals surface area contributed by atoms with Crippen molar-refractivity contribution >= 4 is 38.6 Å². The fourth-order valence-electron chi connectivity index (χ4n) is 6.18. The van der Waals surface area contributed by atoms with Gasteiger partial charge in [-0.3, -0.25) is 6.08 Å². The molecule has 232 valence electrons. The van der Waals surface area contributed by atoms with Crippen LogP contribution in [0.5, 0.6) is 0 Å². The van der Waals surface area contributed by atoms with Gasteiger partial charge in [-0.2, -0.15) is 23.8 Å². The molecule has 0 unspecified atom stereocenters. The molecule has 8 rings (SSSR count). The molecule has 0 radical (unpaired) electrons. The molecule has 0 heterocycles. The summed E-state index contributed by atoms with van der Waals surface area (Å²) in [5.41, 5.74) is 14.0. The van der Waals surface area contributed by atoms with Crippen molar-refractivity contribution in [3.63, 3.8) is 0 Å². The van der Waals surface area contributed by atoms with E-state index in [0.717, 1.165) is 27.6 Å². The molecule has 0 saturated carbocycles. The Hall–Kier alpha value is -2.38. The Morgan fingerprint density at radius 2 is 1.26 bits per heavy atom. The summed E-state index contributed by atoms with van der Waals surface area (Å²) in [7, 11) is 0. The summed E-state index contributed by atoms with van der Waals surface area (Å²) >= 11 is 13.3. The van der Waals surface area contributed by atoms with Crippen LogP contribution in [0.1, 0.15) is 72.2 Å². The second-order valence-corrected chi connectivity index (χ2v) is 14.8. The summed E-state index contributed by atoms with van der Waals surface area (Å²) < 4.78 is 1.26. The number of benzene rings is 4. The van der Waals surface area contributed by atoms with Crippen molar-refractivity contribution in [3.05, 3.63) is 170 Å². The molecule has 0 atom stereocenters. The second-order valence-electron chi connectivity index (χ2n) is 12.7. The van der Waals surface area contributed by atoms with Crippen LogP contribution in [0.25, 0.3) is 23.3 Å². The van der Waals surface area contributed by atoms with Gasteiger partial charge in [0.2, 0.25) is 0 Å². The van der Waals surface area contributed by atoms with E-state index >= 15 is 0 Å². The molecule has 5 aromatic rings. The maximum Gasteiger partial charge on any atom is -0.172 e. The molecule has 0 amide bonds. The van der Waals surface area contributed by atoms with Crippen molar-refractivity contribution in [2.24, 2.45) is 0 Å². The Morgan fingerprint density at radius 1 is 0.717 bits per heavy atom. The summed E-state index contributed by atoms with van der Waals surface area (Å²) in [4.78, 5) is 0. The molecule has 5 heteroatoms. The zero-order chi connectivity index (χ0) is 31.1. The Morgan fingerprint density at radius 3 is 1.78 bits per heavy atom. The molecule has 3 aliphatic rings. The molecule has 0 fully saturated rings. The third kappa shape index (κ3) is 7.67. The van der Waals surface area contributed by atoms with Crippen molar-refractivity contribution in [2.45, 2.75) is 44.9 Å². The van der Waals surface area contributed by atoms with Gasteiger partial charge in [-0.1, -0.05) is 57.4 Å². The van der Waals surface area contributed by atoms with Crippen LogP contribution in [-0.2, 0) is 41.5 Å². The van der Waals surface area contributed by atoms with E-state index in [1.165, 1.54) is 71.9 Å². The van der Waals surface area contributed by atoms with Crippen LogP contribution in [0.15, 0.2) is 109 Å². The molecule has 0 N–H and O–H groups in total.